The third-order valence-electron chi connectivity index (χ3n) is 11.9. The van der Waals surface area contributed by atoms with Gasteiger partial charge in [0.1, 0.15) is 0 Å². The molecule has 1 heterocycles. The lowest BCUT2D eigenvalue weighted by Gasteiger charge is -2.28. The minimum Gasteiger partial charge on any atom is -0.310 e. The zero-order chi connectivity index (χ0) is 36.7. The lowest BCUT2D eigenvalue weighted by Crippen LogP contribution is -2.10. The molecule has 0 atom stereocenters. The van der Waals surface area contributed by atoms with Crippen LogP contribution in [0.15, 0.2) is 206 Å². The molecule has 9 aromatic carbocycles. The summed E-state index contributed by atoms with van der Waals surface area (Å²) in [6.07, 6.45) is 0. The summed E-state index contributed by atoms with van der Waals surface area (Å²) in [4.78, 5) is 2.44. The SMILES string of the molecule is c1ccc(-c2ccc(N(c3ccc4c(c3)-c3c5cccc3-c3cccc-4c3-c3ccccc3-5)c3ccc4c(c3)c3ccccc3n4-c3ccccc3)cc2)cc1. The third-order valence-corrected chi connectivity index (χ3v) is 11.9. The Labute approximate surface area is 325 Å². The molecule has 1 aromatic heterocycles. The van der Waals surface area contributed by atoms with Crippen LogP contribution in [0.4, 0.5) is 17.1 Å². The highest BCUT2D eigenvalue weighted by Crippen LogP contribution is 2.57. The van der Waals surface area contributed by atoms with E-state index in [1.165, 1.54) is 88.6 Å². The molecule has 56 heavy (non-hydrogen) atoms. The Morgan fingerprint density at radius 1 is 0.286 bits per heavy atom. The van der Waals surface area contributed by atoms with Crippen molar-refractivity contribution in [2.24, 2.45) is 0 Å². The Hall–Kier alpha value is -7.42. The molecular weight excluding hydrogens is 677 g/mol. The van der Waals surface area contributed by atoms with Gasteiger partial charge in [-0.1, -0.05) is 146 Å². The highest BCUT2D eigenvalue weighted by Gasteiger charge is 2.31. The second-order valence-electron chi connectivity index (χ2n) is 14.9. The van der Waals surface area contributed by atoms with E-state index in [0.717, 1.165) is 22.7 Å². The van der Waals surface area contributed by atoms with Crippen LogP contribution in [0.5, 0.6) is 0 Å². The Balaban J connectivity index is 1.11. The van der Waals surface area contributed by atoms with Crippen molar-refractivity contribution in [3.05, 3.63) is 206 Å². The Kier molecular flexibility index (Phi) is 6.66. The largest absolute Gasteiger partial charge is 0.310 e. The van der Waals surface area contributed by atoms with Crippen LogP contribution in [-0.2, 0) is 0 Å². The Morgan fingerprint density at radius 2 is 0.786 bits per heavy atom. The van der Waals surface area contributed by atoms with Gasteiger partial charge in [0, 0.05) is 33.5 Å². The molecule has 2 aliphatic carbocycles. The fourth-order valence-electron chi connectivity index (χ4n) is 9.47. The van der Waals surface area contributed by atoms with Gasteiger partial charge in [-0.2, -0.15) is 0 Å². The number of anilines is 3. The van der Waals surface area contributed by atoms with Gasteiger partial charge in [0.15, 0.2) is 0 Å². The average molecular weight is 711 g/mol. The van der Waals surface area contributed by atoms with Gasteiger partial charge in [-0.25, -0.2) is 0 Å². The van der Waals surface area contributed by atoms with E-state index in [1.807, 2.05) is 0 Å². The van der Waals surface area contributed by atoms with E-state index in [9.17, 15) is 0 Å². The van der Waals surface area contributed by atoms with Crippen molar-refractivity contribution in [2.75, 3.05) is 4.90 Å². The molecule has 0 saturated carbocycles. The normalized spacial score (nSPS) is 11.9. The number of para-hydroxylation sites is 2. The predicted octanol–water partition coefficient (Wildman–Crippen LogP) is 14.9. The van der Waals surface area contributed by atoms with Gasteiger partial charge in [0.25, 0.3) is 0 Å². The van der Waals surface area contributed by atoms with Gasteiger partial charge in [-0.05, 0) is 127 Å². The van der Waals surface area contributed by atoms with Crippen molar-refractivity contribution in [1.29, 1.82) is 0 Å². The zero-order valence-electron chi connectivity index (χ0n) is 30.5. The first-order valence-corrected chi connectivity index (χ1v) is 19.4. The third kappa shape index (κ3) is 4.50. The van der Waals surface area contributed by atoms with Crippen molar-refractivity contribution in [2.45, 2.75) is 0 Å². The molecule has 12 rings (SSSR count). The molecule has 0 saturated heterocycles. The molecule has 0 spiro atoms. The van der Waals surface area contributed by atoms with Crippen LogP contribution in [0.25, 0.3) is 94.3 Å². The molecule has 2 heteroatoms. The molecule has 2 nitrogen and oxygen atoms in total. The highest BCUT2D eigenvalue weighted by molar-refractivity contribution is 6.15. The van der Waals surface area contributed by atoms with E-state index in [2.05, 4.69) is 216 Å². The van der Waals surface area contributed by atoms with Gasteiger partial charge >= 0.3 is 0 Å². The summed E-state index contributed by atoms with van der Waals surface area (Å²) in [5.74, 6) is 0. The highest BCUT2D eigenvalue weighted by atomic mass is 15.1. The number of hydrogen-bond donors (Lipinski definition) is 0. The standard InChI is InChI=1S/C54H34N2/c1-3-13-35(14-4-1)36-25-27-38(28-26-36)55(40-30-32-52-49(33-40)43-18-9-10-24-51(43)56(52)37-15-5-2-6-16-37)39-29-31-42-46-21-12-22-47-48-23-11-20-45(54(48)50(42)34-39)41-17-7-8-19-44(41)53(46)47/h1-34H. The molecule has 0 N–H and O–H groups in total. The summed E-state index contributed by atoms with van der Waals surface area (Å²) in [6, 6.07) is 75.8. The quantitative estimate of drug-likeness (QED) is 0.173. The maximum Gasteiger partial charge on any atom is 0.0542 e. The monoisotopic (exact) mass is 710 g/mol. The van der Waals surface area contributed by atoms with E-state index >= 15 is 0 Å². The summed E-state index contributed by atoms with van der Waals surface area (Å²) in [6.45, 7) is 0. The van der Waals surface area contributed by atoms with E-state index in [-0.39, 0.29) is 0 Å². The molecule has 0 fully saturated rings. The van der Waals surface area contributed by atoms with E-state index < -0.39 is 0 Å². The van der Waals surface area contributed by atoms with Gasteiger partial charge in [0.2, 0.25) is 0 Å². The van der Waals surface area contributed by atoms with Crippen molar-refractivity contribution < 1.29 is 0 Å². The van der Waals surface area contributed by atoms with E-state index in [4.69, 9.17) is 0 Å². The summed E-state index contributed by atoms with van der Waals surface area (Å²) < 4.78 is 2.39. The van der Waals surface area contributed by atoms with Crippen molar-refractivity contribution in [3.63, 3.8) is 0 Å². The smallest absolute Gasteiger partial charge is 0.0542 e. The first kappa shape index (κ1) is 31.0. The molecular formula is C54H34N2. The number of nitrogens with zero attached hydrogens (tertiary/aromatic N) is 2. The number of aromatic nitrogens is 1. The molecule has 260 valence electrons. The molecule has 0 aliphatic heterocycles. The van der Waals surface area contributed by atoms with Gasteiger partial charge in [-0.15, -0.1) is 0 Å². The molecule has 2 aliphatic rings. The van der Waals surface area contributed by atoms with Crippen LogP contribution in [0.3, 0.4) is 0 Å². The van der Waals surface area contributed by atoms with Gasteiger partial charge in [-0.3, -0.25) is 0 Å². The predicted molar refractivity (Wildman–Crippen MR) is 235 cm³/mol. The van der Waals surface area contributed by atoms with E-state index in [1.54, 1.807) is 0 Å². The summed E-state index contributed by atoms with van der Waals surface area (Å²) in [5, 5.41) is 2.46. The van der Waals surface area contributed by atoms with Crippen LogP contribution in [0.1, 0.15) is 0 Å². The maximum atomic E-state index is 2.44. The maximum absolute atomic E-state index is 2.44. The number of rotatable bonds is 5. The van der Waals surface area contributed by atoms with Crippen molar-refractivity contribution in [3.8, 4) is 72.4 Å². The Bertz CT molecular complexity index is 3150. The van der Waals surface area contributed by atoms with Gasteiger partial charge in [0.05, 0.1) is 11.0 Å². The van der Waals surface area contributed by atoms with Crippen molar-refractivity contribution in [1.82, 2.24) is 4.57 Å². The number of benzene rings is 9. The van der Waals surface area contributed by atoms with Crippen LogP contribution in [0, 0.1) is 0 Å². The van der Waals surface area contributed by atoms with E-state index in [0.29, 0.717) is 0 Å². The minimum absolute atomic E-state index is 1.11. The summed E-state index contributed by atoms with van der Waals surface area (Å²) in [5.41, 5.74) is 22.2. The first-order valence-electron chi connectivity index (χ1n) is 19.4. The van der Waals surface area contributed by atoms with Crippen LogP contribution < -0.4 is 4.90 Å². The second-order valence-corrected chi connectivity index (χ2v) is 14.9. The second kappa shape index (κ2) is 12.0. The lowest BCUT2D eigenvalue weighted by molar-refractivity contribution is 1.18. The molecule has 6 bridgehead atoms. The minimum atomic E-state index is 1.11. The van der Waals surface area contributed by atoms with Crippen LogP contribution in [-0.4, -0.2) is 4.57 Å². The molecule has 0 amide bonds. The first-order chi connectivity index (χ1) is 27.8. The Morgan fingerprint density at radius 3 is 1.54 bits per heavy atom. The van der Waals surface area contributed by atoms with Crippen molar-refractivity contribution >= 4 is 38.9 Å². The lowest BCUT2D eigenvalue weighted by atomic mass is 9.83. The van der Waals surface area contributed by atoms with Gasteiger partial charge < -0.3 is 9.47 Å². The molecule has 0 unspecified atom stereocenters. The van der Waals surface area contributed by atoms with Crippen LogP contribution >= 0.6 is 0 Å². The van der Waals surface area contributed by atoms with Crippen LogP contribution in [0.2, 0.25) is 0 Å². The number of fused-ring (bicyclic) bond motifs is 7. The molecule has 0 radical (unpaired) electrons. The number of hydrogen-bond acceptors (Lipinski definition) is 1. The molecule has 10 aromatic rings. The fourth-order valence-corrected chi connectivity index (χ4v) is 9.47. The summed E-state index contributed by atoms with van der Waals surface area (Å²) in [7, 11) is 0. The average Bonchev–Trinajstić information content (AvgIpc) is 3.54. The zero-order valence-corrected chi connectivity index (χ0v) is 30.5. The topological polar surface area (TPSA) is 8.17 Å². The summed E-state index contributed by atoms with van der Waals surface area (Å²) >= 11 is 0. The fraction of sp³-hybridized carbons (Fsp3) is 0.